The zero-order valence-electron chi connectivity index (χ0n) is 26.7. The van der Waals surface area contributed by atoms with E-state index in [0.717, 1.165) is 5.56 Å². The number of amides is 4. The van der Waals surface area contributed by atoms with Gasteiger partial charge in [-0.2, -0.15) is 0 Å². The Morgan fingerprint density at radius 3 is 2.68 bits per heavy atom. The van der Waals surface area contributed by atoms with Crippen molar-refractivity contribution in [3.63, 3.8) is 0 Å². The molecule has 2 aliphatic rings. The molecule has 2 aromatic carbocycles. The lowest BCUT2D eigenvalue weighted by Gasteiger charge is -2.38. The molecule has 4 bridgehead atoms. The number of benzene rings is 2. The molecule has 4 amide bonds. The van der Waals surface area contributed by atoms with Gasteiger partial charge in [-0.25, -0.2) is 9.78 Å². The van der Waals surface area contributed by atoms with Crippen LogP contribution in [-0.4, -0.2) is 91.4 Å². The Balaban J connectivity index is 1.35. The topological polar surface area (TPSA) is 173 Å². The third kappa shape index (κ3) is 9.08. The lowest BCUT2D eigenvalue weighted by Crippen LogP contribution is -2.58. The average Bonchev–Trinajstić information content (AvgIpc) is 3.04. The number of methoxy groups -OCH3 is 1. The van der Waals surface area contributed by atoms with Gasteiger partial charge in [-0.05, 0) is 50.1 Å². The standard InChI is InChI=1S/C33H40N6O8/c1-20-27(32(42)37-21(2)36-20)17-30(40)39-10-7-28-29(18-39)46-19-22-5-4-6-24(13-22)47-26-15-23(14-25(16-26)45-12-11-44-3)31(41)34-8-9-35-33(43)38-28/h4-6,13-16,28-29H,7-12,17-19H2,1-3H3,(H,34,41)(H2,35,38,43)(H,36,37,42)/t28-,29-/m0/s1. The molecule has 1 fully saturated rings. The normalized spacial score (nSPS) is 18.7. The Bertz CT molecular complexity index is 1660. The largest absolute Gasteiger partial charge is 0.491 e. The number of carbonyl (C=O) groups excluding carboxylic acids is 3. The van der Waals surface area contributed by atoms with E-state index in [2.05, 4.69) is 25.9 Å². The van der Waals surface area contributed by atoms with Crippen molar-refractivity contribution in [3.8, 4) is 17.2 Å². The number of piperidine rings is 1. The molecule has 250 valence electrons. The number of hydrogen-bond acceptors (Lipinski definition) is 9. The number of aryl methyl sites for hydroxylation is 2. The molecule has 4 N–H and O–H groups in total. The fourth-order valence-corrected chi connectivity index (χ4v) is 5.50. The van der Waals surface area contributed by atoms with Gasteiger partial charge in [0.2, 0.25) is 5.91 Å². The highest BCUT2D eigenvalue weighted by molar-refractivity contribution is 5.95. The molecule has 5 rings (SSSR count). The number of nitrogens with one attached hydrogen (secondary N) is 4. The van der Waals surface area contributed by atoms with Gasteiger partial charge in [-0.15, -0.1) is 0 Å². The van der Waals surface area contributed by atoms with Gasteiger partial charge in [0, 0.05) is 56.2 Å². The molecule has 14 heteroatoms. The number of rotatable bonds is 6. The Kier molecular flexibility index (Phi) is 11.1. The van der Waals surface area contributed by atoms with Crippen LogP contribution in [0.25, 0.3) is 0 Å². The number of H-pyrrole nitrogens is 1. The Hall–Kier alpha value is -4.95. The van der Waals surface area contributed by atoms with Gasteiger partial charge in [0.25, 0.3) is 11.5 Å². The molecule has 3 heterocycles. The van der Waals surface area contributed by atoms with Gasteiger partial charge < -0.3 is 44.8 Å². The van der Waals surface area contributed by atoms with Gasteiger partial charge in [0.05, 0.1) is 31.8 Å². The maximum absolute atomic E-state index is 13.4. The minimum absolute atomic E-state index is 0.0921. The molecule has 2 aliphatic heterocycles. The van der Waals surface area contributed by atoms with Crippen molar-refractivity contribution in [1.29, 1.82) is 0 Å². The van der Waals surface area contributed by atoms with E-state index in [1.54, 1.807) is 50.1 Å². The number of nitrogens with zero attached hydrogens (tertiary/aromatic N) is 2. The first-order valence-corrected chi connectivity index (χ1v) is 15.5. The molecule has 0 saturated carbocycles. The molecule has 0 radical (unpaired) electrons. The van der Waals surface area contributed by atoms with E-state index >= 15 is 0 Å². The summed E-state index contributed by atoms with van der Waals surface area (Å²) in [5.74, 6) is 1.27. The maximum Gasteiger partial charge on any atom is 0.315 e. The highest BCUT2D eigenvalue weighted by Gasteiger charge is 2.34. The molecule has 14 nitrogen and oxygen atoms in total. The first-order chi connectivity index (χ1) is 22.7. The summed E-state index contributed by atoms with van der Waals surface area (Å²) >= 11 is 0. The molecule has 2 atom stereocenters. The third-order valence-electron chi connectivity index (χ3n) is 7.89. The lowest BCUT2D eigenvalue weighted by atomic mass is 10.0. The van der Waals surface area contributed by atoms with Gasteiger partial charge in [-0.3, -0.25) is 14.4 Å². The molecular weight excluding hydrogens is 608 g/mol. The Labute approximate surface area is 272 Å². The van der Waals surface area contributed by atoms with Crippen LogP contribution in [0.15, 0.2) is 47.3 Å². The van der Waals surface area contributed by atoms with Crippen LogP contribution < -0.4 is 31.0 Å². The van der Waals surface area contributed by atoms with Crippen molar-refractivity contribution in [1.82, 2.24) is 30.8 Å². The smallest absolute Gasteiger partial charge is 0.315 e. The first kappa shape index (κ1) is 33.4. The summed E-state index contributed by atoms with van der Waals surface area (Å²) in [5.41, 5.74) is 1.65. The summed E-state index contributed by atoms with van der Waals surface area (Å²) in [6.45, 7) is 5.19. The van der Waals surface area contributed by atoms with E-state index in [1.165, 1.54) is 0 Å². The second-order valence-electron chi connectivity index (χ2n) is 11.4. The van der Waals surface area contributed by atoms with E-state index in [4.69, 9.17) is 18.9 Å². The van der Waals surface area contributed by atoms with Crippen molar-refractivity contribution in [2.75, 3.05) is 46.5 Å². The summed E-state index contributed by atoms with van der Waals surface area (Å²) in [5, 5.41) is 8.55. The van der Waals surface area contributed by atoms with E-state index < -0.39 is 18.2 Å². The third-order valence-corrected chi connectivity index (χ3v) is 7.89. The Morgan fingerprint density at radius 1 is 1.04 bits per heavy atom. The molecule has 0 unspecified atom stereocenters. The maximum atomic E-state index is 13.4. The highest BCUT2D eigenvalue weighted by atomic mass is 16.5. The predicted octanol–water partition coefficient (Wildman–Crippen LogP) is 1.98. The van der Waals surface area contributed by atoms with Crippen LogP contribution in [0.4, 0.5) is 4.79 Å². The minimum Gasteiger partial charge on any atom is -0.491 e. The number of aromatic nitrogens is 2. The van der Waals surface area contributed by atoms with Crippen LogP contribution >= 0.6 is 0 Å². The number of ether oxygens (including phenoxy) is 4. The first-order valence-electron chi connectivity index (χ1n) is 15.5. The zero-order valence-corrected chi connectivity index (χ0v) is 26.7. The van der Waals surface area contributed by atoms with E-state index in [-0.39, 0.29) is 50.0 Å². The fourth-order valence-electron chi connectivity index (χ4n) is 5.50. The van der Waals surface area contributed by atoms with Crippen LogP contribution in [-0.2, 0) is 27.3 Å². The molecule has 1 saturated heterocycles. The molecule has 0 spiro atoms. The van der Waals surface area contributed by atoms with Crippen molar-refractivity contribution in [2.24, 2.45) is 0 Å². The number of fused-ring (bicyclic) bond motifs is 5. The second-order valence-corrected chi connectivity index (χ2v) is 11.4. The van der Waals surface area contributed by atoms with E-state index in [1.807, 2.05) is 18.2 Å². The highest BCUT2D eigenvalue weighted by Crippen LogP contribution is 2.29. The van der Waals surface area contributed by atoms with E-state index in [0.29, 0.717) is 66.1 Å². The molecule has 1 aromatic heterocycles. The van der Waals surface area contributed by atoms with Gasteiger partial charge in [0.15, 0.2) is 0 Å². The molecular formula is C33H40N6O8. The number of carbonyl (C=O) groups is 3. The molecule has 3 aromatic rings. The SMILES string of the molecule is COCCOc1cc2cc(c1)C(=O)NCCNC(=O)N[C@H]1CCN(C(=O)Cc3c(C)nc(C)[nH]c3=O)C[C@@H]1OCc1cccc(c1)O2. The second kappa shape index (κ2) is 15.6. The zero-order chi connectivity index (χ0) is 33.3. The van der Waals surface area contributed by atoms with Crippen LogP contribution in [0, 0.1) is 13.8 Å². The molecule has 47 heavy (non-hydrogen) atoms. The summed E-state index contributed by atoms with van der Waals surface area (Å²) in [4.78, 5) is 60.4. The average molecular weight is 649 g/mol. The summed E-state index contributed by atoms with van der Waals surface area (Å²) < 4.78 is 23.3. The number of urea groups is 1. The quantitative estimate of drug-likeness (QED) is 0.292. The molecule has 0 aliphatic carbocycles. The monoisotopic (exact) mass is 648 g/mol. The van der Waals surface area contributed by atoms with Crippen LogP contribution in [0.3, 0.4) is 0 Å². The van der Waals surface area contributed by atoms with Crippen LogP contribution in [0.5, 0.6) is 17.2 Å². The summed E-state index contributed by atoms with van der Waals surface area (Å²) in [6, 6.07) is 11.4. The number of likely N-dealkylation sites (tertiary alicyclic amines) is 1. The van der Waals surface area contributed by atoms with Crippen LogP contribution in [0.2, 0.25) is 0 Å². The summed E-state index contributed by atoms with van der Waals surface area (Å²) in [6.07, 6.45) is -0.194. The van der Waals surface area contributed by atoms with Crippen molar-refractivity contribution >= 4 is 17.8 Å². The number of aromatic amines is 1. The minimum atomic E-state index is -0.541. The van der Waals surface area contributed by atoms with Crippen molar-refractivity contribution in [2.45, 2.75) is 45.4 Å². The van der Waals surface area contributed by atoms with Gasteiger partial charge in [-0.1, -0.05) is 12.1 Å². The fraction of sp³-hybridized carbons (Fsp3) is 0.424. The van der Waals surface area contributed by atoms with E-state index in [9.17, 15) is 19.2 Å². The Morgan fingerprint density at radius 2 is 1.87 bits per heavy atom. The lowest BCUT2D eigenvalue weighted by molar-refractivity contribution is -0.135. The van der Waals surface area contributed by atoms with Gasteiger partial charge in [0.1, 0.15) is 29.7 Å². The van der Waals surface area contributed by atoms with Crippen molar-refractivity contribution in [3.05, 3.63) is 81.0 Å². The van der Waals surface area contributed by atoms with Crippen molar-refractivity contribution < 1.29 is 33.3 Å². The van der Waals surface area contributed by atoms with Gasteiger partial charge >= 0.3 is 6.03 Å². The summed E-state index contributed by atoms with van der Waals surface area (Å²) in [7, 11) is 1.57. The predicted molar refractivity (Wildman–Crippen MR) is 171 cm³/mol. The van der Waals surface area contributed by atoms with Crippen LogP contribution in [0.1, 0.15) is 39.4 Å². The number of hydrogen-bond donors (Lipinski definition) is 4.